The van der Waals surface area contributed by atoms with E-state index in [0.717, 1.165) is 25.6 Å². The van der Waals surface area contributed by atoms with Crippen molar-refractivity contribution in [1.82, 2.24) is 10.2 Å². The molecule has 0 radical (unpaired) electrons. The van der Waals surface area contributed by atoms with Gasteiger partial charge in [0, 0.05) is 31.7 Å². The molecule has 1 heterocycles. The maximum absolute atomic E-state index is 6.14. The molecule has 118 valence electrons. The van der Waals surface area contributed by atoms with Crippen molar-refractivity contribution in [1.29, 1.82) is 0 Å². The average Bonchev–Trinajstić information content (AvgIpc) is 2.43. The first kappa shape index (κ1) is 17.1. The highest BCUT2D eigenvalue weighted by Gasteiger charge is 2.27. The van der Waals surface area contributed by atoms with Gasteiger partial charge in [0.2, 0.25) is 0 Å². The van der Waals surface area contributed by atoms with E-state index in [4.69, 9.17) is 23.2 Å². The van der Waals surface area contributed by atoms with Crippen LogP contribution < -0.4 is 5.32 Å². The fourth-order valence-electron chi connectivity index (χ4n) is 3.12. The van der Waals surface area contributed by atoms with Crippen LogP contribution in [0.2, 0.25) is 10.0 Å². The molecule has 0 aliphatic carbocycles. The molecule has 0 saturated carbocycles. The van der Waals surface area contributed by atoms with Crippen LogP contribution in [0.3, 0.4) is 0 Å². The third-order valence-electron chi connectivity index (χ3n) is 4.21. The molecule has 1 aromatic carbocycles. The molecule has 1 aliphatic heterocycles. The number of piperazine rings is 1. The molecule has 0 aromatic heterocycles. The molecule has 1 aliphatic rings. The van der Waals surface area contributed by atoms with E-state index in [2.05, 4.69) is 37.1 Å². The first-order valence-electron chi connectivity index (χ1n) is 7.91. The minimum atomic E-state index is 0.593. The van der Waals surface area contributed by atoms with Crippen LogP contribution in [0.25, 0.3) is 0 Å². The van der Waals surface area contributed by atoms with E-state index in [1.165, 1.54) is 18.4 Å². The average molecular weight is 329 g/mol. The van der Waals surface area contributed by atoms with Crippen molar-refractivity contribution in [3.05, 3.63) is 33.8 Å². The Morgan fingerprint density at radius 1 is 1.29 bits per heavy atom. The topological polar surface area (TPSA) is 15.3 Å². The first-order valence-corrected chi connectivity index (χ1v) is 8.66. The first-order chi connectivity index (χ1) is 9.99. The molecule has 1 fully saturated rings. The fraction of sp³-hybridized carbons (Fsp3) is 0.647. The summed E-state index contributed by atoms with van der Waals surface area (Å²) in [5, 5.41) is 4.98. The zero-order valence-corrected chi connectivity index (χ0v) is 14.7. The van der Waals surface area contributed by atoms with Gasteiger partial charge in [0.25, 0.3) is 0 Å². The van der Waals surface area contributed by atoms with E-state index < -0.39 is 0 Å². The van der Waals surface area contributed by atoms with Crippen molar-refractivity contribution < 1.29 is 0 Å². The highest BCUT2D eigenvalue weighted by molar-refractivity contribution is 6.42. The van der Waals surface area contributed by atoms with Crippen LogP contribution in [-0.2, 0) is 6.54 Å². The molecule has 2 atom stereocenters. The predicted octanol–water partition coefficient (Wildman–Crippen LogP) is 4.59. The SMILES string of the molecule is CCC1CNC(CC(C)C)CN1Cc1ccc(Cl)c(Cl)c1. The van der Waals surface area contributed by atoms with Crippen LogP contribution in [0.1, 0.15) is 39.2 Å². The Balaban J connectivity index is 2.04. The summed E-state index contributed by atoms with van der Waals surface area (Å²) in [6.07, 6.45) is 2.40. The molecule has 0 amide bonds. The summed E-state index contributed by atoms with van der Waals surface area (Å²) in [6.45, 7) is 9.97. The van der Waals surface area contributed by atoms with Gasteiger partial charge in [0.05, 0.1) is 10.0 Å². The van der Waals surface area contributed by atoms with Gasteiger partial charge >= 0.3 is 0 Å². The molecular weight excluding hydrogens is 303 g/mol. The second-order valence-corrected chi connectivity index (χ2v) is 7.29. The molecule has 21 heavy (non-hydrogen) atoms. The van der Waals surface area contributed by atoms with Gasteiger partial charge in [0.15, 0.2) is 0 Å². The molecule has 1 aromatic rings. The van der Waals surface area contributed by atoms with E-state index in [1.807, 2.05) is 12.1 Å². The van der Waals surface area contributed by atoms with Crippen molar-refractivity contribution in [3.8, 4) is 0 Å². The van der Waals surface area contributed by atoms with Crippen molar-refractivity contribution in [2.45, 2.75) is 52.2 Å². The second-order valence-electron chi connectivity index (χ2n) is 6.47. The Morgan fingerprint density at radius 2 is 2.05 bits per heavy atom. The van der Waals surface area contributed by atoms with Gasteiger partial charge in [-0.1, -0.05) is 50.0 Å². The minimum absolute atomic E-state index is 0.593. The third kappa shape index (κ3) is 4.85. The normalized spacial score (nSPS) is 23.7. The second kappa shape index (κ2) is 7.82. The van der Waals surface area contributed by atoms with Crippen LogP contribution in [0.5, 0.6) is 0 Å². The van der Waals surface area contributed by atoms with Gasteiger partial charge in [-0.25, -0.2) is 0 Å². The number of hydrogen-bond acceptors (Lipinski definition) is 2. The lowest BCUT2D eigenvalue weighted by atomic mass is 9.98. The van der Waals surface area contributed by atoms with Crippen LogP contribution in [0, 0.1) is 5.92 Å². The number of nitrogens with one attached hydrogen (secondary N) is 1. The monoisotopic (exact) mass is 328 g/mol. The predicted molar refractivity (Wildman–Crippen MR) is 92.2 cm³/mol. The third-order valence-corrected chi connectivity index (χ3v) is 4.95. The van der Waals surface area contributed by atoms with Gasteiger partial charge in [-0.15, -0.1) is 0 Å². The largest absolute Gasteiger partial charge is 0.311 e. The van der Waals surface area contributed by atoms with E-state index in [1.54, 1.807) is 0 Å². The highest BCUT2D eigenvalue weighted by atomic mass is 35.5. The molecule has 2 nitrogen and oxygen atoms in total. The number of halogens is 2. The van der Waals surface area contributed by atoms with Crippen molar-refractivity contribution in [2.24, 2.45) is 5.92 Å². The smallest absolute Gasteiger partial charge is 0.0595 e. The van der Waals surface area contributed by atoms with Gasteiger partial charge < -0.3 is 5.32 Å². The lowest BCUT2D eigenvalue weighted by Crippen LogP contribution is -2.56. The number of nitrogens with zero attached hydrogens (tertiary/aromatic N) is 1. The Kier molecular flexibility index (Phi) is 6.36. The summed E-state index contributed by atoms with van der Waals surface area (Å²) in [5.74, 6) is 0.729. The maximum Gasteiger partial charge on any atom is 0.0595 e. The molecule has 1 saturated heterocycles. The summed E-state index contributed by atoms with van der Waals surface area (Å²) in [6, 6.07) is 7.17. The quantitative estimate of drug-likeness (QED) is 0.850. The van der Waals surface area contributed by atoms with Gasteiger partial charge in [-0.3, -0.25) is 4.90 Å². The van der Waals surface area contributed by atoms with Crippen LogP contribution in [0.4, 0.5) is 0 Å². The lowest BCUT2D eigenvalue weighted by Gasteiger charge is -2.40. The molecule has 2 rings (SSSR count). The summed E-state index contributed by atoms with van der Waals surface area (Å²) < 4.78 is 0. The molecule has 1 N–H and O–H groups in total. The highest BCUT2D eigenvalue weighted by Crippen LogP contribution is 2.25. The lowest BCUT2D eigenvalue weighted by molar-refractivity contribution is 0.111. The summed E-state index contributed by atoms with van der Waals surface area (Å²) in [7, 11) is 0. The van der Waals surface area contributed by atoms with E-state index >= 15 is 0 Å². The number of rotatable bonds is 5. The number of benzene rings is 1. The Labute approximate surface area is 138 Å². The zero-order chi connectivity index (χ0) is 15.4. The molecular formula is C17H26Cl2N2. The standard InChI is InChI=1S/C17H26Cl2N2/c1-4-15-9-20-14(7-12(2)3)11-21(15)10-13-5-6-16(18)17(19)8-13/h5-6,8,12,14-15,20H,4,7,9-11H2,1-3H3. The summed E-state index contributed by atoms with van der Waals surface area (Å²) >= 11 is 12.1. The van der Waals surface area contributed by atoms with Gasteiger partial charge in [0.1, 0.15) is 0 Å². The maximum atomic E-state index is 6.14. The van der Waals surface area contributed by atoms with Gasteiger partial charge in [-0.2, -0.15) is 0 Å². The molecule has 2 unspecified atom stereocenters. The van der Waals surface area contributed by atoms with E-state index in [9.17, 15) is 0 Å². The van der Waals surface area contributed by atoms with Crippen LogP contribution >= 0.6 is 23.2 Å². The zero-order valence-electron chi connectivity index (χ0n) is 13.2. The molecule has 0 bridgehead atoms. The van der Waals surface area contributed by atoms with E-state index in [0.29, 0.717) is 22.1 Å². The van der Waals surface area contributed by atoms with Gasteiger partial charge in [-0.05, 0) is 36.5 Å². The summed E-state index contributed by atoms with van der Waals surface area (Å²) in [5.41, 5.74) is 1.24. The van der Waals surface area contributed by atoms with Crippen LogP contribution in [-0.4, -0.2) is 30.1 Å². The van der Waals surface area contributed by atoms with Crippen molar-refractivity contribution in [3.63, 3.8) is 0 Å². The summed E-state index contributed by atoms with van der Waals surface area (Å²) in [4.78, 5) is 2.59. The Morgan fingerprint density at radius 3 is 2.67 bits per heavy atom. The molecule has 4 heteroatoms. The van der Waals surface area contributed by atoms with Crippen molar-refractivity contribution >= 4 is 23.2 Å². The van der Waals surface area contributed by atoms with Crippen molar-refractivity contribution in [2.75, 3.05) is 13.1 Å². The number of hydrogen-bond donors (Lipinski definition) is 1. The van der Waals surface area contributed by atoms with E-state index in [-0.39, 0.29) is 0 Å². The minimum Gasteiger partial charge on any atom is -0.311 e. The fourth-order valence-corrected chi connectivity index (χ4v) is 3.44. The molecule has 0 spiro atoms. The Bertz CT molecular complexity index is 462. The Hall–Kier alpha value is -0.280. The van der Waals surface area contributed by atoms with Crippen LogP contribution in [0.15, 0.2) is 18.2 Å².